The molecular formula is C12H20N2O2S. The third-order valence-corrected chi connectivity index (χ3v) is 4.44. The van der Waals surface area contributed by atoms with Gasteiger partial charge in [-0.15, -0.1) is 11.3 Å². The molecule has 1 aromatic heterocycles. The highest BCUT2D eigenvalue weighted by Gasteiger charge is 2.44. The molecule has 0 amide bonds. The summed E-state index contributed by atoms with van der Waals surface area (Å²) in [6.07, 6.45) is 1.13. The Morgan fingerprint density at radius 2 is 2.53 bits per heavy atom. The summed E-state index contributed by atoms with van der Waals surface area (Å²) in [5, 5.41) is 6.81. The lowest BCUT2D eigenvalue weighted by Crippen LogP contribution is -2.48. The predicted octanol–water partition coefficient (Wildman–Crippen LogP) is 1.69. The maximum atomic E-state index is 5.73. The Balaban J connectivity index is 2.18. The predicted molar refractivity (Wildman–Crippen MR) is 68.4 cm³/mol. The Kier molecular flexibility index (Phi) is 4.14. The van der Waals surface area contributed by atoms with E-state index in [1.165, 1.54) is 0 Å². The minimum absolute atomic E-state index is 0.128. The van der Waals surface area contributed by atoms with Gasteiger partial charge in [0.2, 0.25) is 0 Å². The molecule has 1 aromatic rings. The Labute approximate surface area is 106 Å². The number of thiazole rings is 1. The summed E-state index contributed by atoms with van der Waals surface area (Å²) < 4.78 is 10.8. The zero-order chi connectivity index (χ0) is 12.3. The summed E-state index contributed by atoms with van der Waals surface area (Å²) in [7, 11) is 1.72. The van der Waals surface area contributed by atoms with Gasteiger partial charge in [-0.3, -0.25) is 0 Å². The molecule has 2 unspecified atom stereocenters. The van der Waals surface area contributed by atoms with E-state index in [1.807, 2.05) is 6.92 Å². The average Bonchev–Trinajstić information content (AvgIpc) is 2.87. The molecule has 0 spiro atoms. The van der Waals surface area contributed by atoms with Gasteiger partial charge >= 0.3 is 0 Å². The molecule has 0 saturated carbocycles. The monoisotopic (exact) mass is 256 g/mol. The highest BCUT2D eigenvalue weighted by atomic mass is 32.1. The van der Waals surface area contributed by atoms with Gasteiger partial charge in [-0.25, -0.2) is 4.98 Å². The van der Waals surface area contributed by atoms with Crippen LogP contribution in [0.4, 0.5) is 0 Å². The van der Waals surface area contributed by atoms with Crippen LogP contribution in [0.15, 0.2) is 5.38 Å². The fourth-order valence-electron chi connectivity index (χ4n) is 2.27. The molecule has 0 bridgehead atoms. The van der Waals surface area contributed by atoms with E-state index < -0.39 is 0 Å². The number of methoxy groups -OCH3 is 1. The first-order valence-electron chi connectivity index (χ1n) is 5.97. The van der Waals surface area contributed by atoms with Gasteiger partial charge in [0.25, 0.3) is 0 Å². The molecule has 1 aliphatic heterocycles. The number of nitrogens with zero attached hydrogens (tertiary/aromatic N) is 1. The van der Waals surface area contributed by atoms with Gasteiger partial charge in [-0.05, 0) is 20.3 Å². The molecular weight excluding hydrogens is 236 g/mol. The Morgan fingerprint density at radius 1 is 1.71 bits per heavy atom. The molecule has 2 heterocycles. The third-order valence-electron chi connectivity index (χ3n) is 3.31. The summed E-state index contributed by atoms with van der Waals surface area (Å²) in [6, 6.07) is 0. The van der Waals surface area contributed by atoms with E-state index in [2.05, 4.69) is 22.6 Å². The molecule has 0 aliphatic carbocycles. The van der Waals surface area contributed by atoms with Crippen molar-refractivity contribution < 1.29 is 9.47 Å². The van der Waals surface area contributed by atoms with E-state index in [0.717, 1.165) is 30.3 Å². The lowest BCUT2D eigenvalue weighted by molar-refractivity contribution is 0.0776. The number of rotatable bonds is 5. The second kappa shape index (κ2) is 5.44. The molecule has 5 heteroatoms. The maximum absolute atomic E-state index is 5.73. The van der Waals surface area contributed by atoms with Gasteiger partial charge in [0.1, 0.15) is 5.01 Å². The molecule has 0 radical (unpaired) electrons. The second-order valence-corrected chi connectivity index (χ2v) is 5.31. The van der Waals surface area contributed by atoms with Gasteiger partial charge in [0.15, 0.2) is 0 Å². The SMILES string of the molecule is COCCNC1(c2nc(C)cs2)CCOC1C. The average molecular weight is 256 g/mol. The van der Waals surface area contributed by atoms with Crippen LogP contribution in [0.2, 0.25) is 0 Å². The number of hydrogen-bond acceptors (Lipinski definition) is 5. The molecule has 96 valence electrons. The Hall–Kier alpha value is -0.490. The minimum atomic E-state index is -0.128. The normalized spacial score (nSPS) is 28.8. The standard InChI is InChI=1S/C12H20N2O2S/c1-9-8-17-11(14-9)12(13-5-7-15-3)4-6-16-10(12)2/h8,10,13H,4-7H2,1-3H3. The zero-order valence-electron chi connectivity index (χ0n) is 10.7. The highest BCUT2D eigenvalue weighted by Crippen LogP contribution is 2.37. The number of aryl methyl sites for hydroxylation is 1. The quantitative estimate of drug-likeness (QED) is 0.814. The largest absolute Gasteiger partial charge is 0.383 e. The van der Waals surface area contributed by atoms with Gasteiger partial charge in [-0.1, -0.05) is 0 Å². The van der Waals surface area contributed by atoms with Crippen molar-refractivity contribution in [2.45, 2.75) is 31.9 Å². The van der Waals surface area contributed by atoms with Crippen molar-refractivity contribution in [1.29, 1.82) is 0 Å². The molecule has 4 nitrogen and oxygen atoms in total. The molecule has 1 saturated heterocycles. The first-order valence-corrected chi connectivity index (χ1v) is 6.85. The molecule has 0 aromatic carbocycles. The fourth-order valence-corrected chi connectivity index (χ4v) is 3.35. The number of nitrogens with one attached hydrogen (secondary N) is 1. The third kappa shape index (κ3) is 2.52. The van der Waals surface area contributed by atoms with Crippen molar-refractivity contribution in [3.63, 3.8) is 0 Å². The number of aromatic nitrogens is 1. The van der Waals surface area contributed by atoms with Crippen LogP contribution in [-0.4, -0.2) is 38.0 Å². The van der Waals surface area contributed by atoms with E-state index in [-0.39, 0.29) is 11.6 Å². The summed E-state index contributed by atoms with van der Waals surface area (Å²) in [5.41, 5.74) is 0.953. The summed E-state index contributed by atoms with van der Waals surface area (Å²) in [5.74, 6) is 0. The summed E-state index contributed by atoms with van der Waals surface area (Å²) in [4.78, 5) is 4.63. The van der Waals surface area contributed by atoms with Crippen molar-refractivity contribution in [3.05, 3.63) is 16.1 Å². The van der Waals surface area contributed by atoms with Gasteiger partial charge in [-0.2, -0.15) is 0 Å². The van der Waals surface area contributed by atoms with Gasteiger partial charge in [0, 0.05) is 31.3 Å². The molecule has 17 heavy (non-hydrogen) atoms. The summed E-state index contributed by atoms with van der Waals surface area (Å²) >= 11 is 1.71. The van der Waals surface area contributed by atoms with E-state index >= 15 is 0 Å². The lowest BCUT2D eigenvalue weighted by Gasteiger charge is -2.31. The molecule has 2 rings (SSSR count). The van der Waals surface area contributed by atoms with Crippen LogP contribution >= 0.6 is 11.3 Å². The van der Waals surface area contributed by atoms with Crippen molar-refractivity contribution >= 4 is 11.3 Å². The molecule has 1 aliphatic rings. The lowest BCUT2D eigenvalue weighted by atomic mass is 9.92. The van der Waals surface area contributed by atoms with Crippen LogP contribution in [0.25, 0.3) is 0 Å². The second-order valence-electron chi connectivity index (χ2n) is 4.45. The van der Waals surface area contributed by atoms with Crippen LogP contribution in [0, 0.1) is 6.92 Å². The van der Waals surface area contributed by atoms with Crippen LogP contribution in [0.1, 0.15) is 24.0 Å². The number of ether oxygens (including phenoxy) is 2. The first kappa shape index (κ1) is 13.0. The first-order chi connectivity index (χ1) is 8.19. The zero-order valence-corrected chi connectivity index (χ0v) is 11.5. The molecule has 1 N–H and O–H groups in total. The van der Waals surface area contributed by atoms with E-state index in [4.69, 9.17) is 9.47 Å². The van der Waals surface area contributed by atoms with Crippen LogP contribution in [0.5, 0.6) is 0 Å². The van der Waals surface area contributed by atoms with Crippen molar-refractivity contribution in [2.24, 2.45) is 0 Å². The van der Waals surface area contributed by atoms with E-state index in [1.54, 1.807) is 18.4 Å². The van der Waals surface area contributed by atoms with Gasteiger partial charge < -0.3 is 14.8 Å². The van der Waals surface area contributed by atoms with Crippen LogP contribution in [0.3, 0.4) is 0 Å². The Morgan fingerprint density at radius 3 is 3.06 bits per heavy atom. The topological polar surface area (TPSA) is 43.4 Å². The fraction of sp³-hybridized carbons (Fsp3) is 0.750. The van der Waals surface area contributed by atoms with Gasteiger partial charge in [0.05, 0.1) is 18.2 Å². The van der Waals surface area contributed by atoms with Crippen LogP contribution < -0.4 is 5.32 Å². The van der Waals surface area contributed by atoms with Crippen molar-refractivity contribution in [1.82, 2.24) is 10.3 Å². The van der Waals surface area contributed by atoms with E-state index in [0.29, 0.717) is 6.61 Å². The maximum Gasteiger partial charge on any atom is 0.116 e. The smallest absolute Gasteiger partial charge is 0.116 e. The minimum Gasteiger partial charge on any atom is -0.383 e. The van der Waals surface area contributed by atoms with Crippen molar-refractivity contribution in [3.8, 4) is 0 Å². The molecule has 2 atom stereocenters. The van der Waals surface area contributed by atoms with Crippen LogP contribution in [-0.2, 0) is 15.0 Å². The Bertz CT molecular complexity index is 369. The summed E-state index contributed by atoms with van der Waals surface area (Å²) in [6.45, 7) is 6.47. The highest BCUT2D eigenvalue weighted by molar-refractivity contribution is 7.09. The number of hydrogen-bond donors (Lipinski definition) is 1. The van der Waals surface area contributed by atoms with Crippen molar-refractivity contribution in [2.75, 3.05) is 26.9 Å². The molecule has 1 fully saturated rings. The van der Waals surface area contributed by atoms with E-state index in [9.17, 15) is 0 Å².